The van der Waals surface area contributed by atoms with E-state index in [0.717, 1.165) is 48.8 Å². The Morgan fingerprint density at radius 3 is 2.42 bits per heavy atom. The van der Waals surface area contributed by atoms with Gasteiger partial charge in [-0.25, -0.2) is 0 Å². The summed E-state index contributed by atoms with van der Waals surface area (Å²) in [6.45, 7) is 5.25. The number of anilines is 1. The number of ether oxygens (including phenoxy) is 1. The molecule has 0 aliphatic carbocycles. The molecule has 134 valence electrons. The lowest BCUT2D eigenvalue weighted by Gasteiger charge is -2.27. The summed E-state index contributed by atoms with van der Waals surface area (Å²) in [6, 6.07) is 19.0. The normalized spacial score (nSPS) is 14.6. The number of nitrogens with zero attached hydrogens (tertiary/aromatic N) is 4. The largest absolute Gasteiger partial charge is 0.378 e. The average Bonchev–Trinajstić information content (AvgIpc) is 3.13. The molecular weight excluding hydrogens is 344 g/mol. The van der Waals surface area contributed by atoms with Crippen LogP contribution < -0.4 is 4.90 Å². The van der Waals surface area contributed by atoms with Crippen molar-refractivity contribution in [3.05, 3.63) is 65.7 Å². The molecule has 1 saturated heterocycles. The summed E-state index contributed by atoms with van der Waals surface area (Å²) in [4.78, 5) is 2.25. The van der Waals surface area contributed by atoms with Crippen LogP contribution in [0.3, 0.4) is 0 Å². The van der Waals surface area contributed by atoms with E-state index in [0.29, 0.717) is 0 Å². The standard InChI is InChI=1S/C20H22N4OS/c1-16-7-9-17(10-8-16)15-26-20-22-21-19(23-11-13-25-14-12-23)24(20)18-5-3-2-4-6-18/h2-10H,11-15H2,1H3. The highest BCUT2D eigenvalue weighted by Gasteiger charge is 2.21. The molecule has 6 heteroatoms. The van der Waals surface area contributed by atoms with Crippen LogP contribution in [0.4, 0.5) is 5.95 Å². The van der Waals surface area contributed by atoms with Gasteiger partial charge in [-0.15, -0.1) is 10.2 Å². The first-order chi connectivity index (χ1) is 12.8. The van der Waals surface area contributed by atoms with Crippen molar-refractivity contribution >= 4 is 17.7 Å². The number of rotatable bonds is 5. The zero-order chi connectivity index (χ0) is 17.8. The molecule has 1 fully saturated rings. The van der Waals surface area contributed by atoms with Gasteiger partial charge in [-0.1, -0.05) is 59.8 Å². The predicted octanol–water partition coefficient (Wildman–Crippen LogP) is 3.70. The smallest absolute Gasteiger partial charge is 0.232 e. The summed E-state index contributed by atoms with van der Waals surface area (Å²) in [5, 5.41) is 9.91. The molecule has 0 saturated carbocycles. The van der Waals surface area contributed by atoms with Gasteiger partial charge in [-0.05, 0) is 24.6 Å². The molecule has 2 aromatic carbocycles. The summed E-state index contributed by atoms with van der Waals surface area (Å²) >= 11 is 1.72. The van der Waals surface area contributed by atoms with E-state index in [-0.39, 0.29) is 0 Å². The quantitative estimate of drug-likeness (QED) is 0.644. The molecule has 0 bridgehead atoms. The molecular formula is C20H22N4OS. The summed E-state index contributed by atoms with van der Waals surface area (Å²) in [7, 11) is 0. The third kappa shape index (κ3) is 3.76. The minimum absolute atomic E-state index is 0.730. The van der Waals surface area contributed by atoms with Crippen molar-refractivity contribution in [3.8, 4) is 5.69 Å². The monoisotopic (exact) mass is 366 g/mol. The number of hydrogen-bond acceptors (Lipinski definition) is 5. The topological polar surface area (TPSA) is 43.2 Å². The van der Waals surface area contributed by atoms with Gasteiger partial charge in [0, 0.05) is 18.8 Å². The van der Waals surface area contributed by atoms with Gasteiger partial charge in [0.2, 0.25) is 5.95 Å². The number of aromatic nitrogens is 3. The third-order valence-electron chi connectivity index (χ3n) is 4.41. The van der Waals surface area contributed by atoms with Crippen LogP contribution >= 0.6 is 11.8 Å². The van der Waals surface area contributed by atoms with Gasteiger partial charge in [0.25, 0.3) is 0 Å². The van der Waals surface area contributed by atoms with E-state index in [4.69, 9.17) is 4.74 Å². The molecule has 1 aliphatic rings. The molecule has 0 radical (unpaired) electrons. The van der Waals surface area contributed by atoms with Crippen molar-refractivity contribution in [2.45, 2.75) is 17.8 Å². The molecule has 0 unspecified atom stereocenters. The SMILES string of the molecule is Cc1ccc(CSc2nnc(N3CCOCC3)n2-c2ccccc2)cc1. The summed E-state index contributed by atoms with van der Waals surface area (Å²) in [6.07, 6.45) is 0. The maximum atomic E-state index is 5.48. The molecule has 1 aliphatic heterocycles. The first kappa shape index (κ1) is 17.1. The Balaban J connectivity index is 1.63. The van der Waals surface area contributed by atoms with Gasteiger partial charge in [-0.2, -0.15) is 0 Å². The van der Waals surface area contributed by atoms with E-state index < -0.39 is 0 Å². The van der Waals surface area contributed by atoms with Crippen molar-refractivity contribution < 1.29 is 4.74 Å². The van der Waals surface area contributed by atoms with Crippen LogP contribution in [-0.2, 0) is 10.5 Å². The van der Waals surface area contributed by atoms with E-state index in [2.05, 4.69) is 63.0 Å². The molecule has 4 rings (SSSR count). The van der Waals surface area contributed by atoms with Crippen molar-refractivity contribution in [2.24, 2.45) is 0 Å². The first-order valence-corrected chi connectivity index (χ1v) is 9.82. The van der Waals surface area contributed by atoms with E-state index in [1.54, 1.807) is 11.8 Å². The Morgan fingerprint density at radius 2 is 1.69 bits per heavy atom. The highest BCUT2D eigenvalue weighted by Crippen LogP contribution is 2.29. The molecule has 0 N–H and O–H groups in total. The molecule has 5 nitrogen and oxygen atoms in total. The number of para-hydroxylation sites is 1. The zero-order valence-corrected chi connectivity index (χ0v) is 15.7. The molecule has 0 spiro atoms. The maximum absolute atomic E-state index is 5.48. The van der Waals surface area contributed by atoms with Gasteiger partial charge in [-0.3, -0.25) is 4.57 Å². The molecule has 0 atom stereocenters. The van der Waals surface area contributed by atoms with Crippen LogP contribution in [0.5, 0.6) is 0 Å². The van der Waals surface area contributed by atoms with Gasteiger partial charge in [0.1, 0.15) is 0 Å². The molecule has 2 heterocycles. The van der Waals surface area contributed by atoms with Crippen LogP contribution in [0, 0.1) is 6.92 Å². The number of aryl methyl sites for hydroxylation is 1. The minimum atomic E-state index is 0.730. The second kappa shape index (κ2) is 7.93. The lowest BCUT2D eigenvalue weighted by Crippen LogP contribution is -2.37. The predicted molar refractivity (Wildman–Crippen MR) is 105 cm³/mol. The maximum Gasteiger partial charge on any atom is 0.232 e. The van der Waals surface area contributed by atoms with Gasteiger partial charge in [0.15, 0.2) is 5.16 Å². The first-order valence-electron chi connectivity index (χ1n) is 8.83. The number of benzene rings is 2. The lowest BCUT2D eigenvalue weighted by molar-refractivity contribution is 0.122. The van der Waals surface area contributed by atoms with E-state index in [1.807, 2.05) is 18.2 Å². The molecule has 0 amide bonds. The summed E-state index contributed by atoms with van der Waals surface area (Å²) in [5.74, 6) is 1.76. The van der Waals surface area contributed by atoms with Crippen molar-refractivity contribution in [1.29, 1.82) is 0 Å². The molecule has 1 aromatic heterocycles. The fourth-order valence-electron chi connectivity index (χ4n) is 2.96. The second-order valence-electron chi connectivity index (χ2n) is 6.33. The minimum Gasteiger partial charge on any atom is -0.378 e. The van der Waals surface area contributed by atoms with Gasteiger partial charge in [0.05, 0.1) is 18.9 Å². The Bertz CT molecular complexity index is 842. The van der Waals surface area contributed by atoms with E-state index in [1.165, 1.54) is 11.1 Å². The van der Waals surface area contributed by atoms with Crippen LogP contribution in [0.2, 0.25) is 0 Å². The summed E-state index contributed by atoms with van der Waals surface area (Å²) in [5.41, 5.74) is 3.65. The summed E-state index contributed by atoms with van der Waals surface area (Å²) < 4.78 is 7.64. The number of hydrogen-bond donors (Lipinski definition) is 0. The zero-order valence-electron chi connectivity index (χ0n) is 14.8. The van der Waals surface area contributed by atoms with E-state index in [9.17, 15) is 0 Å². The van der Waals surface area contributed by atoms with E-state index >= 15 is 0 Å². The Labute approximate surface area is 158 Å². The Kier molecular flexibility index (Phi) is 5.22. The number of morpholine rings is 1. The highest BCUT2D eigenvalue weighted by molar-refractivity contribution is 7.98. The van der Waals surface area contributed by atoms with Crippen LogP contribution in [0.1, 0.15) is 11.1 Å². The fourth-order valence-corrected chi connectivity index (χ4v) is 3.86. The van der Waals surface area contributed by atoms with Crippen LogP contribution in [-0.4, -0.2) is 41.1 Å². The molecule has 26 heavy (non-hydrogen) atoms. The fraction of sp³-hybridized carbons (Fsp3) is 0.300. The Morgan fingerprint density at radius 1 is 0.962 bits per heavy atom. The van der Waals surface area contributed by atoms with Crippen LogP contribution in [0.25, 0.3) is 5.69 Å². The van der Waals surface area contributed by atoms with Crippen LogP contribution in [0.15, 0.2) is 59.8 Å². The van der Waals surface area contributed by atoms with Gasteiger partial charge >= 0.3 is 0 Å². The van der Waals surface area contributed by atoms with Crippen molar-refractivity contribution in [3.63, 3.8) is 0 Å². The Hall–Kier alpha value is -2.31. The average molecular weight is 366 g/mol. The molecule has 3 aromatic rings. The lowest BCUT2D eigenvalue weighted by atomic mass is 10.2. The number of thioether (sulfide) groups is 1. The van der Waals surface area contributed by atoms with Crippen molar-refractivity contribution in [1.82, 2.24) is 14.8 Å². The van der Waals surface area contributed by atoms with Crippen molar-refractivity contribution in [2.75, 3.05) is 31.2 Å². The third-order valence-corrected chi connectivity index (χ3v) is 5.41. The highest BCUT2D eigenvalue weighted by atomic mass is 32.2. The van der Waals surface area contributed by atoms with Gasteiger partial charge < -0.3 is 9.64 Å². The second-order valence-corrected chi connectivity index (χ2v) is 7.27.